The summed E-state index contributed by atoms with van der Waals surface area (Å²) < 4.78 is 9.43. The number of pyridine rings is 2. The summed E-state index contributed by atoms with van der Waals surface area (Å²) in [4.78, 5) is 90.6. The molecule has 0 saturated heterocycles. The Morgan fingerprint density at radius 2 is 1.11 bits per heavy atom. The first-order chi connectivity index (χ1) is 29.6. The third-order valence-electron chi connectivity index (χ3n) is 11.7. The number of ketones is 1. The number of methoxy groups -OCH3 is 2. The maximum absolute atomic E-state index is 13.7. The van der Waals surface area contributed by atoms with E-state index in [4.69, 9.17) is 14.5 Å². The van der Waals surface area contributed by atoms with Gasteiger partial charge in [-0.15, -0.1) is 0 Å². The van der Waals surface area contributed by atoms with Crippen LogP contribution in [0.3, 0.4) is 0 Å². The van der Waals surface area contributed by atoms with E-state index in [1.165, 1.54) is 14.2 Å². The smallest absolute Gasteiger partial charge is 0.407 e. The van der Waals surface area contributed by atoms with Crippen molar-refractivity contribution in [2.24, 2.45) is 11.8 Å². The molecular formula is C47H59N7O8S2. The first-order valence-corrected chi connectivity index (χ1v) is 20.9. The predicted octanol–water partition coefficient (Wildman–Crippen LogP) is 6.19. The van der Waals surface area contributed by atoms with Crippen molar-refractivity contribution in [2.75, 3.05) is 32.6 Å². The monoisotopic (exact) mass is 913 g/mol. The van der Waals surface area contributed by atoms with Crippen molar-refractivity contribution >= 4 is 68.4 Å². The van der Waals surface area contributed by atoms with Crippen molar-refractivity contribution in [3.8, 4) is 11.1 Å². The number of anilines is 1. The molecule has 2 atom stereocenters. The number of aromatic nitrogens is 2. The van der Waals surface area contributed by atoms with Crippen LogP contribution in [-0.4, -0.2) is 94.9 Å². The molecule has 0 bridgehead atoms. The molecule has 6 rings (SSSR count). The highest BCUT2D eigenvalue weighted by molar-refractivity contribution is 7.59. The number of alkyl carbamates (subject to hydrolysis) is 2. The normalized spacial score (nSPS) is 13.8. The lowest BCUT2D eigenvalue weighted by Crippen LogP contribution is -2.52. The third-order valence-corrected chi connectivity index (χ3v) is 11.7. The summed E-state index contributed by atoms with van der Waals surface area (Å²) in [5.41, 5.74) is 8.93. The molecule has 2 aromatic carbocycles. The number of Topliss-reactive ketones (excluding diaryl/α,β-unsaturated/α-hetero) is 1. The van der Waals surface area contributed by atoms with Crippen molar-refractivity contribution in [2.45, 2.75) is 86.0 Å². The van der Waals surface area contributed by atoms with Gasteiger partial charge in [0.25, 0.3) is 5.91 Å². The average molecular weight is 914 g/mol. The summed E-state index contributed by atoms with van der Waals surface area (Å²) in [5, 5.41) is 8.32. The topological polar surface area (TPSA) is 189 Å². The Bertz CT molecular complexity index is 2240. The average Bonchev–Trinajstić information content (AvgIpc) is 3.27. The van der Waals surface area contributed by atoms with Crippen LogP contribution in [0.25, 0.3) is 11.1 Å². The van der Waals surface area contributed by atoms with E-state index in [9.17, 15) is 28.8 Å². The number of benzene rings is 2. The molecule has 5 amide bonds. The Balaban J connectivity index is 0.00000449. The number of amides is 5. The van der Waals surface area contributed by atoms with E-state index in [2.05, 4.69) is 20.9 Å². The molecule has 0 saturated carbocycles. The first kappa shape index (κ1) is 50.7. The number of nitrogens with one attached hydrogen (secondary N) is 3. The van der Waals surface area contributed by atoms with Gasteiger partial charge in [-0.2, -0.15) is 27.0 Å². The fourth-order valence-electron chi connectivity index (χ4n) is 7.96. The number of ether oxygens (including phenoxy) is 2. The van der Waals surface area contributed by atoms with E-state index in [0.717, 1.165) is 50.3 Å². The molecule has 0 fully saturated rings. The number of fused-ring (bicyclic) bond motifs is 2. The summed E-state index contributed by atoms with van der Waals surface area (Å²) in [5.74, 6) is -1.17. The van der Waals surface area contributed by atoms with Crippen LogP contribution < -0.4 is 16.0 Å². The summed E-state index contributed by atoms with van der Waals surface area (Å²) in [7, 11) is 2.52. The van der Waals surface area contributed by atoms with Gasteiger partial charge in [0, 0.05) is 62.5 Å². The van der Waals surface area contributed by atoms with Crippen molar-refractivity contribution < 1.29 is 38.2 Å². The van der Waals surface area contributed by atoms with E-state index < -0.39 is 24.3 Å². The third kappa shape index (κ3) is 11.4. The second kappa shape index (κ2) is 22.1. The van der Waals surface area contributed by atoms with E-state index in [1.807, 2.05) is 90.1 Å². The van der Waals surface area contributed by atoms with Crippen LogP contribution in [0.1, 0.15) is 87.9 Å². The maximum atomic E-state index is 13.7. The van der Waals surface area contributed by atoms with Gasteiger partial charge in [-0.3, -0.25) is 19.2 Å². The summed E-state index contributed by atoms with van der Waals surface area (Å²) in [6.45, 7) is 12.8. The fourth-order valence-corrected chi connectivity index (χ4v) is 7.96. The number of hydrogen-bond donors (Lipinski definition) is 3. The van der Waals surface area contributed by atoms with Crippen LogP contribution >= 0.6 is 27.0 Å². The minimum atomic E-state index is -0.730. The Labute approximate surface area is 388 Å². The van der Waals surface area contributed by atoms with Gasteiger partial charge in [0.15, 0.2) is 5.78 Å². The van der Waals surface area contributed by atoms with Crippen LogP contribution in [0.5, 0.6) is 0 Å². The molecule has 0 aliphatic carbocycles. The van der Waals surface area contributed by atoms with Gasteiger partial charge >= 0.3 is 12.2 Å². The lowest BCUT2D eigenvalue weighted by atomic mass is 9.91. The highest BCUT2D eigenvalue weighted by Crippen LogP contribution is 2.33. The van der Waals surface area contributed by atoms with Gasteiger partial charge in [0.2, 0.25) is 11.8 Å². The number of carbonyl (C=O) groups is 6. The lowest BCUT2D eigenvalue weighted by molar-refractivity contribution is -0.136. The quantitative estimate of drug-likeness (QED) is 0.138. The molecule has 2 aromatic heterocycles. The molecule has 342 valence electrons. The zero-order chi connectivity index (χ0) is 44.8. The molecule has 15 nitrogen and oxygen atoms in total. The summed E-state index contributed by atoms with van der Waals surface area (Å²) in [6.07, 6.45) is -0.246. The van der Waals surface area contributed by atoms with E-state index in [1.54, 1.807) is 21.9 Å². The number of nitrogens with zero attached hydrogens (tertiary/aromatic N) is 4. The summed E-state index contributed by atoms with van der Waals surface area (Å²) >= 11 is 0. The van der Waals surface area contributed by atoms with Gasteiger partial charge in [0.1, 0.15) is 23.5 Å². The van der Waals surface area contributed by atoms with Crippen LogP contribution in [0.2, 0.25) is 0 Å². The van der Waals surface area contributed by atoms with Crippen molar-refractivity contribution in [1.82, 2.24) is 30.4 Å². The van der Waals surface area contributed by atoms with Gasteiger partial charge in [-0.1, -0.05) is 70.2 Å². The van der Waals surface area contributed by atoms with Gasteiger partial charge < -0.3 is 35.2 Å². The van der Waals surface area contributed by atoms with Gasteiger partial charge in [0.05, 0.1) is 14.2 Å². The van der Waals surface area contributed by atoms with Gasteiger partial charge in [-0.25, -0.2) is 19.6 Å². The maximum Gasteiger partial charge on any atom is 0.407 e. The molecule has 0 unspecified atom stereocenters. The molecule has 2 aliphatic rings. The molecule has 2 aliphatic heterocycles. The van der Waals surface area contributed by atoms with E-state index in [0.29, 0.717) is 50.4 Å². The molecule has 0 spiro atoms. The standard InChI is InChI=1S/C47H55N7O8.2H2S/c1-26(2)41(51-46(59)61-7)44(57)53-21-19-36-31(24-53)15-17-38(48-36)40(55)23-30-11-9-12-33(28(30)5)34-13-10-14-35(29(34)6)50-43(56)39-18-16-32-25-54(22-20-37(32)49-39)45(58)42(27(3)4)52-47(60)62-8;;/h9-18,26-27,41-42H,19-25H2,1-8H3,(H,50,56)(H,51,59)(H,52,60);2*1H2/t41-,42-;;/m0../s1. The van der Waals surface area contributed by atoms with Crippen LogP contribution in [-0.2, 0) is 51.4 Å². The molecule has 64 heavy (non-hydrogen) atoms. The van der Waals surface area contributed by atoms with Crippen molar-refractivity contribution in [3.63, 3.8) is 0 Å². The Hall–Kier alpha value is -5.94. The SMILES string of the molecule is COC(=O)N[C@H](C(=O)N1CCc2nc(C(=O)Cc3cccc(-c4cccc(NC(=O)c5ccc6c(n5)CCN(C(=O)[C@@H](NC(=O)OC)C(C)C)C6)c4C)c3C)ccc2C1)C(C)C.S.S. The number of carbonyl (C=O) groups excluding carboxylic acids is 6. The summed E-state index contributed by atoms with van der Waals surface area (Å²) in [6, 6.07) is 17.1. The molecule has 4 aromatic rings. The number of hydrogen-bond acceptors (Lipinski definition) is 10. The van der Waals surface area contributed by atoms with Crippen LogP contribution in [0, 0.1) is 25.7 Å². The highest BCUT2D eigenvalue weighted by atomic mass is 32.1. The second-order valence-electron chi connectivity index (χ2n) is 16.5. The zero-order valence-electron chi connectivity index (χ0n) is 37.6. The Morgan fingerprint density at radius 3 is 1.61 bits per heavy atom. The van der Waals surface area contributed by atoms with E-state index in [-0.39, 0.29) is 74.4 Å². The van der Waals surface area contributed by atoms with Crippen LogP contribution in [0.15, 0.2) is 60.7 Å². The molecule has 0 radical (unpaired) electrons. The highest BCUT2D eigenvalue weighted by Gasteiger charge is 2.33. The van der Waals surface area contributed by atoms with Crippen molar-refractivity contribution in [3.05, 3.63) is 111 Å². The minimum Gasteiger partial charge on any atom is -0.453 e. The molecular weight excluding hydrogens is 855 g/mol. The van der Waals surface area contributed by atoms with Crippen molar-refractivity contribution in [1.29, 1.82) is 0 Å². The number of rotatable bonds is 12. The predicted molar refractivity (Wildman–Crippen MR) is 253 cm³/mol. The Morgan fingerprint density at radius 1 is 0.641 bits per heavy atom. The molecule has 17 heteroatoms. The first-order valence-electron chi connectivity index (χ1n) is 20.9. The largest absolute Gasteiger partial charge is 0.453 e. The zero-order valence-corrected chi connectivity index (χ0v) is 39.6. The van der Waals surface area contributed by atoms with Gasteiger partial charge in [-0.05, 0) is 82.8 Å². The Kier molecular flexibility index (Phi) is 17.5. The van der Waals surface area contributed by atoms with E-state index >= 15 is 0 Å². The molecule has 4 heterocycles. The fraction of sp³-hybridized carbons (Fsp3) is 0.404. The van der Waals surface area contributed by atoms with Crippen LogP contribution in [0.4, 0.5) is 15.3 Å². The molecule has 3 N–H and O–H groups in total. The lowest BCUT2D eigenvalue weighted by Gasteiger charge is -2.32. The minimum absolute atomic E-state index is 0. The second-order valence-corrected chi connectivity index (χ2v) is 16.5.